The van der Waals surface area contributed by atoms with Gasteiger partial charge in [0.05, 0.1) is 16.6 Å². The number of hydrogen-bond donors (Lipinski definition) is 2. The highest BCUT2D eigenvalue weighted by molar-refractivity contribution is 5.95. The smallest absolute Gasteiger partial charge is 0.412 e. The SMILES string of the molecule is NC(=O)c1ccccc1O[C@H]1CC[C@H](NC(=O)Oc2ccc([N+](=O)[O-])cc2)CC1. The largest absolute Gasteiger partial charge is 0.490 e. The van der Waals surface area contributed by atoms with Gasteiger partial charge in [0.2, 0.25) is 0 Å². The summed E-state index contributed by atoms with van der Waals surface area (Å²) >= 11 is 0. The summed E-state index contributed by atoms with van der Waals surface area (Å²) in [5.41, 5.74) is 5.64. The zero-order valence-corrected chi connectivity index (χ0v) is 15.6. The number of primary amides is 1. The molecular weight excluding hydrogens is 378 g/mol. The molecule has 2 amide bonds. The standard InChI is InChI=1S/C20H21N3O6/c21-19(24)17-3-1-2-4-18(17)28-15-9-5-13(6-10-15)22-20(25)29-16-11-7-14(8-12-16)23(26)27/h1-4,7-8,11-13,15H,5-6,9-10H2,(H2,21,24)(H,22,25)/t13-,15-. The molecule has 1 aliphatic carbocycles. The van der Waals surface area contributed by atoms with E-state index in [1.807, 2.05) is 0 Å². The van der Waals surface area contributed by atoms with Gasteiger partial charge in [-0.3, -0.25) is 14.9 Å². The van der Waals surface area contributed by atoms with Crippen molar-refractivity contribution in [2.75, 3.05) is 0 Å². The van der Waals surface area contributed by atoms with Crippen LogP contribution < -0.4 is 20.5 Å². The Morgan fingerprint density at radius 3 is 2.31 bits per heavy atom. The Bertz CT molecular complexity index is 891. The monoisotopic (exact) mass is 399 g/mol. The van der Waals surface area contributed by atoms with E-state index in [-0.39, 0.29) is 23.6 Å². The van der Waals surface area contributed by atoms with E-state index in [0.29, 0.717) is 37.0 Å². The van der Waals surface area contributed by atoms with Crippen molar-refractivity contribution in [3.8, 4) is 11.5 Å². The Morgan fingerprint density at radius 1 is 1.03 bits per heavy atom. The zero-order chi connectivity index (χ0) is 20.8. The van der Waals surface area contributed by atoms with Gasteiger partial charge in [-0.1, -0.05) is 12.1 Å². The van der Waals surface area contributed by atoms with Crippen LogP contribution in [0.25, 0.3) is 0 Å². The number of carbonyl (C=O) groups excluding carboxylic acids is 2. The number of nitro benzene ring substituents is 1. The van der Waals surface area contributed by atoms with Gasteiger partial charge < -0.3 is 20.5 Å². The van der Waals surface area contributed by atoms with Crippen molar-refractivity contribution in [2.45, 2.75) is 37.8 Å². The van der Waals surface area contributed by atoms with Crippen LogP contribution in [0.2, 0.25) is 0 Å². The first-order valence-corrected chi connectivity index (χ1v) is 9.20. The molecule has 0 bridgehead atoms. The first-order chi connectivity index (χ1) is 13.9. The van der Waals surface area contributed by atoms with Crippen LogP contribution in [0.1, 0.15) is 36.0 Å². The van der Waals surface area contributed by atoms with Gasteiger partial charge in [-0.2, -0.15) is 0 Å². The quantitative estimate of drug-likeness (QED) is 0.566. The normalized spacial score (nSPS) is 18.5. The van der Waals surface area contributed by atoms with Crippen LogP contribution in [0, 0.1) is 10.1 Å². The molecule has 0 unspecified atom stereocenters. The Labute approximate surface area is 166 Å². The summed E-state index contributed by atoms with van der Waals surface area (Å²) in [7, 11) is 0. The van der Waals surface area contributed by atoms with Crippen molar-refractivity contribution >= 4 is 17.7 Å². The fourth-order valence-electron chi connectivity index (χ4n) is 3.22. The number of para-hydroxylation sites is 1. The second-order valence-electron chi connectivity index (χ2n) is 6.74. The molecule has 1 aliphatic rings. The van der Waals surface area contributed by atoms with E-state index in [1.165, 1.54) is 24.3 Å². The molecule has 0 saturated heterocycles. The van der Waals surface area contributed by atoms with Crippen LogP contribution in [0.15, 0.2) is 48.5 Å². The second kappa shape index (κ2) is 9.05. The maximum Gasteiger partial charge on any atom is 0.412 e. The fraction of sp³-hybridized carbons (Fsp3) is 0.300. The Balaban J connectivity index is 1.46. The van der Waals surface area contributed by atoms with E-state index in [0.717, 1.165) is 0 Å². The molecule has 0 atom stereocenters. The van der Waals surface area contributed by atoms with Crippen LogP contribution >= 0.6 is 0 Å². The third kappa shape index (κ3) is 5.44. The number of nitro groups is 1. The van der Waals surface area contributed by atoms with Crippen molar-refractivity contribution in [2.24, 2.45) is 5.73 Å². The van der Waals surface area contributed by atoms with Crippen molar-refractivity contribution < 1.29 is 24.0 Å². The topological polar surface area (TPSA) is 134 Å². The highest BCUT2D eigenvalue weighted by Crippen LogP contribution is 2.26. The Morgan fingerprint density at radius 2 is 1.69 bits per heavy atom. The summed E-state index contributed by atoms with van der Waals surface area (Å²) in [5.74, 6) is 0.159. The van der Waals surface area contributed by atoms with E-state index in [4.69, 9.17) is 15.2 Å². The molecule has 3 N–H and O–H groups in total. The molecule has 9 nitrogen and oxygen atoms in total. The highest BCUT2D eigenvalue weighted by Gasteiger charge is 2.25. The van der Waals surface area contributed by atoms with E-state index in [2.05, 4.69) is 5.32 Å². The van der Waals surface area contributed by atoms with E-state index in [9.17, 15) is 19.7 Å². The van der Waals surface area contributed by atoms with Crippen LogP contribution in [0.4, 0.5) is 10.5 Å². The molecular formula is C20H21N3O6. The predicted molar refractivity (Wildman–Crippen MR) is 104 cm³/mol. The summed E-state index contributed by atoms with van der Waals surface area (Å²) < 4.78 is 11.1. The van der Waals surface area contributed by atoms with E-state index < -0.39 is 16.9 Å². The zero-order valence-electron chi connectivity index (χ0n) is 15.6. The van der Waals surface area contributed by atoms with Crippen molar-refractivity contribution in [3.05, 3.63) is 64.2 Å². The maximum absolute atomic E-state index is 12.0. The summed E-state index contributed by atoms with van der Waals surface area (Å²) in [6.45, 7) is 0. The van der Waals surface area contributed by atoms with Gasteiger partial charge in [0, 0.05) is 18.2 Å². The molecule has 0 radical (unpaired) electrons. The lowest BCUT2D eigenvalue weighted by Crippen LogP contribution is -2.41. The summed E-state index contributed by atoms with van der Waals surface area (Å²) in [6, 6.07) is 12.1. The predicted octanol–water partition coefficient (Wildman–Crippen LogP) is 3.17. The molecule has 29 heavy (non-hydrogen) atoms. The molecule has 152 valence electrons. The van der Waals surface area contributed by atoms with Crippen LogP contribution in [-0.4, -0.2) is 29.1 Å². The molecule has 0 spiro atoms. The molecule has 0 heterocycles. The van der Waals surface area contributed by atoms with E-state index >= 15 is 0 Å². The minimum absolute atomic E-state index is 0.0632. The number of non-ortho nitro benzene ring substituents is 1. The molecule has 0 aliphatic heterocycles. The summed E-state index contributed by atoms with van der Waals surface area (Å²) in [4.78, 5) is 33.6. The molecule has 9 heteroatoms. The number of ether oxygens (including phenoxy) is 2. The molecule has 2 aromatic carbocycles. The summed E-state index contributed by atoms with van der Waals surface area (Å²) in [5, 5.41) is 13.4. The van der Waals surface area contributed by atoms with Gasteiger partial charge >= 0.3 is 6.09 Å². The van der Waals surface area contributed by atoms with Gasteiger partial charge in [-0.25, -0.2) is 4.79 Å². The van der Waals surface area contributed by atoms with Crippen LogP contribution in [0.3, 0.4) is 0 Å². The lowest BCUT2D eigenvalue weighted by molar-refractivity contribution is -0.384. The fourth-order valence-corrected chi connectivity index (χ4v) is 3.22. The van der Waals surface area contributed by atoms with Crippen molar-refractivity contribution in [1.82, 2.24) is 5.32 Å². The lowest BCUT2D eigenvalue weighted by atomic mass is 9.93. The van der Waals surface area contributed by atoms with Gasteiger partial charge in [0.15, 0.2) is 0 Å². The van der Waals surface area contributed by atoms with Crippen molar-refractivity contribution in [3.63, 3.8) is 0 Å². The molecule has 3 rings (SSSR count). The number of nitrogens with one attached hydrogen (secondary N) is 1. The second-order valence-corrected chi connectivity index (χ2v) is 6.74. The molecule has 1 saturated carbocycles. The number of nitrogens with two attached hydrogens (primary N) is 1. The Kier molecular flexibility index (Phi) is 6.28. The number of rotatable bonds is 6. The van der Waals surface area contributed by atoms with Gasteiger partial charge in [-0.15, -0.1) is 0 Å². The third-order valence-corrected chi connectivity index (χ3v) is 4.70. The Hall–Kier alpha value is -3.62. The molecule has 2 aromatic rings. The molecule has 1 fully saturated rings. The lowest BCUT2D eigenvalue weighted by Gasteiger charge is -2.29. The van der Waals surface area contributed by atoms with E-state index in [1.54, 1.807) is 24.3 Å². The number of hydrogen-bond acceptors (Lipinski definition) is 6. The summed E-state index contributed by atoms with van der Waals surface area (Å²) in [6.07, 6.45) is 2.12. The number of benzene rings is 2. The minimum atomic E-state index is -0.609. The average Bonchev–Trinajstić information content (AvgIpc) is 2.70. The maximum atomic E-state index is 12.0. The third-order valence-electron chi connectivity index (χ3n) is 4.70. The van der Waals surface area contributed by atoms with Crippen LogP contribution in [-0.2, 0) is 0 Å². The van der Waals surface area contributed by atoms with Gasteiger partial charge in [0.1, 0.15) is 11.5 Å². The minimum Gasteiger partial charge on any atom is -0.490 e. The number of amides is 2. The van der Waals surface area contributed by atoms with Crippen LogP contribution in [0.5, 0.6) is 11.5 Å². The van der Waals surface area contributed by atoms with Gasteiger partial charge in [-0.05, 0) is 49.9 Å². The first-order valence-electron chi connectivity index (χ1n) is 9.20. The van der Waals surface area contributed by atoms with Gasteiger partial charge in [0.25, 0.3) is 11.6 Å². The van der Waals surface area contributed by atoms with Crippen molar-refractivity contribution in [1.29, 1.82) is 0 Å². The number of nitrogens with zero attached hydrogens (tertiary/aromatic N) is 1. The highest BCUT2D eigenvalue weighted by atomic mass is 16.6. The molecule has 0 aromatic heterocycles. The number of carbonyl (C=O) groups is 2. The first kappa shape index (κ1) is 20.1. The average molecular weight is 399 g/mol.